The second kappa shape index (κ2) is 10.5. The first-order valence-corrected chi connectivity index (χ1v) is 14.7. The zero-order chi connectivity index (χ0) is 27.3. The van der Waals surface area contributed by atoms with Gasteiger partial charge in [0.15, 0.2) is 0 Å². The number of halogens is 2. The average Bonchev–Trinajstić information content (AvgIpc) is 3.59. The van der Waals surface area contributed by atoms with E-state index in [1.165, 1.54) is 5.56 Å². The van der Waals surface area contributed by atoms with Gasteiger partial charge in [-0.1, -0.05) is 67.3 Å². The van der Waals surface area contributed by atoms with Gasteiger partial charge in [0, 0.05) is 34.8 Å². The van der Waals surface area contributed by atoms with Crippen LogP contribution in [0.25, 0.3) is 11.3 Å². The van der Waals surface area contributed by atoms with Crippen molar-refractivity contribution >= 4 is 34.9 Å². The summed E-state index contributed by atoms with van der Waals surface area (Å²) in [5.41, 5.74) is 4.46. The molecule has 0 radical (unpaired) electrons. The summed E-state index contributed by atoms with van der Waals surface area (Å²) >= 11 is 13.0. The van der Waals surface area contributed by atoms with Gasteiger partial charge in [-0.25, -0.2) is 4.79 Å². The summed E-state index contributed by atoms with van der Waals surface area (Å²) in [7, 11) is 0. The number of carbonyl (C=O) groups excluding carboxylic acids is 1. The van der Waals surface area contributed by atoms with E-state index < -0.39 is 0 Å². The Morgan fingerprint density at radius 3 is 2.26 bits per heavy atom. The number of anilines is 1. The number of hydrogen-bond acceptors (Lipinski definition) is 4. The first kappa shape index (κ1) is 26.7. The van der Waals surface area contributed by atoms with Crippen LogP contribution in [0.2, 0.25) is 10.0 Å². The van der Waals surface area contributed by atoms with Crippen molar-refractivity contribution in [1.82, 2.24) is 10.1 Å². The van der Waals surface area contributed by atoms with Gasteiger partial charge in [-0.2, -0.15) is 0 Å². The number of amides is 2. The molecule has 1 N–H and O–H groups in total. The molecule has 3 aliphatic rings. The standard InChI is InChI=1S/C31H35Cl2N3O3/c1-31(2,3)19-9-11-20(12-10-19)34-30(37)36-21-13-14-22(36)16-23(15-21)38-17-24-28(35-39-29(24)18-7-8-18)27-25(32)5-4-6-26(27)33/h4-6,9-12,18,21-23H,7-8,13-17H2,1-3H3,(H,34,37)/t21-,22?,23?/m0/s1. The Morgan fingerprint density at radius 1 is 1.03 bits per heavy atom. The second-order valence-corrected chi connectivity index (χ2v) is 13.0. The van der Waals surface area contributed by atoms with E-state index in [2.05, 4.69) is 43.4 Å². The molecule has 6 rings (SSSR count). The van der Waals surface area contributed by atoms with Crippen molar-refractivity contribution < 1.29 is 14.1 Å². The van der Waals surface area contributed by atoms with Crippen LogP contribution in [0.3, 0.4) is 0 Å². The van der Waals surface area contributed by atoms with Crippen LogP contribution >= 0.6 is 23.2 Å². The Hall–Kier alpha value is -2.54. The van der Waals surface area contributed by atoms with E-state index in [1.54, 1.807) is 0 Å². The van der Waals surface area contributed by atoms with Crippen molar-refractivity contribution in [3.05, 3.63) is 69.4 Å². The first-order chi connectivity index (χ1) is 18.7. The molecule has 2 amide bonds. The predicted octanol–water partition coefficient (Wildman–Crippen LogP) is 8.57. The molecule has 1 aromatic heterocycles. The van der Waals surface area contributed by atoms with E-state index in [9.17, 15) is 4.79 Å². The molecule has 2 aromatic carbocycles. The number of nitrogens with zero attached hydrogens (tertiary/aromatic N) is 2. The quantitative estimate of drug-likeness (QED) is 0.324. The third-order valence-corrected chi connectivity index (χ3v) is 8.99. The molecule has 3 atom stereocenters. The molecule has 3 heterocycles. The van der Waals surface area contributed by atoms with Gasteiger partial charge in [-0.05, 0) is 73.8 Å². The third-order valence-electron chi connectivity index (χ3n) is 8.36. The lowest BCUT2D eigenvalue weighted by Crippen LogP contribution is -2.50. The number of ether oxygens (including phenoxy) is 1. The highest BCUT2D eigenvalue weighted by atomic mass is 35.5. The van der Waals surface area contributed by atoms with Crippen LogP contribution in [-0.4, -0.2) is 34.3 Å². The van der Waals surface area contributed by atoms with E-state index in [0.29, 0.717) is 33.8 Å². The van der Waals surface area contributed by atoms with Gasteiger partial charge < -0.3 is 19.5 Å². The van der Waals surface area contributed by atoms with Gasteiger partial charge in [-0.3, -0.25) is 0 Å². The second-order valence-electron chi connectivity index (χ2n) is 12.2. The minimum absolute atomic E-state index is 0.0184. The van der Waals surface area contributed by atoms with Crippen molar-refractivity contribution in [2.75, 3.05) is 5.32 Å². The first-order valence-electron chi connectivity index (χ1n) is 13.9. The fourth-order valence-electron chi connectivity index (χ4n) is 6.09. The smallest absolute Gasteiger partial charge is 0.322 e. The molecule has 2 aliphatic heterocycles. The highest BCUT2D eigenvalue weighted by Gasteiger charge is 2.44. The minimum atomic E-state index is -0.0184. The van der Waals surface area contributed by atoms with Gasteiger partial charge in [0.2, 0.25) is 0 Å². The Kier molecular flexibility index (Phi) is 7.15. The number of hydrogen-bond donors (Lipinski definition) is 1. The number of aromatic nitrogens is 1. The van der Waals surface area contributed by atoms with Crippen LogP contribution in [0, 0.1) is 0 Å². The zero-order valence-electron chi connectivity index (χ0n) is 22.7. The van der Waals surface area contributed by atoms with Crippen LogP contribution in [-0.2, 0) is 16.8 Å². The van der Waals surface area contributed by atoms with Crippen molar-refractivity contribution in [3.8, 4) is 11.3 Å². The van der Waals surface area contributed by atoms with E-state index in [-0.39, 0.29) is 29.6 Å². The summed E-state index contributed by atoms with van der Waals surface area (Å²) in [4.78, 5) is 15.3. The van der Waals surface area contributed by atoms with Crippen molar-refractivity contribution in [2.45, 2.75) is 95.4 Å². The number of rotatable bonds is 6. The van der Waals surface area contributed by atoms with Gasteiger partial charge in [0.1, 0.15) is 11.5 Å². The molecule has 6 nitrogen and oxygen atoms in total. The molecular weight excluding hydrogens is 533 g/mol. The molecule has 1 aliphatic carbocycles. The zero-order valence-corrected chi connectivity index (χ0v) is 24.2. The van der Waals surface area contributed by atoms with E-state index in [1.807, 2.05) is 35.2 Å². The van der Waals surface area contributed by atoms with Crippen LogP contribution in [0.5, 0.6) is 0 Å². The Labute approximate surface area is 240 Å². The fourth-order valence-corrected chi connectivity index (χ4v) is 6.66. The largest absolute Gasteiger partial charge is 0.373 e. The van der Waals surface area contributed by atoms with Crippen LogP contribution in [0.15, 0.2) is 47.0 Å². The SMILES string of the molecule is CC(C)(C)c1ccc(NC(=O)N2C3CC[C@H]2CC(OCc2c(-c4c(Cl)cccc4Cl)noc2C2CC2)C3)cc1. The number of benzene rings is 2. The molecular formula is C31H35Cl2N3O3. The maximum Gasteiger partial charge on any atom is 0.322 e. The highest BCUT2D eigenvalue weighted by Crippen LogP contribution is 2.46. The predicted molar refractivity (Wildman–Crippen MR) is 155 cm³/mol. The van der Waals surface area contributed by atoms with E-state index in [4.69, 9.17) is 32.5 Å². The van der Waals surface area contributed by atoms with Crippen molar-refractivity contribution in [1.29, 1.82) is 0 Å². The van der Waals surface area contributed by atoms with Gasteiger partial charge >= 0.3 is 6.03 Å². The molecule has 8 heteroatoms. The molecule has 2 unspecified atom stereocenters. The monoisotopic (exact) mass is 567 g/mol. The fraction of sp³-hybridized carbons (Fsp3) is 0.484. The Bertz CT molecular complexity index is 1330. The number of nitrogens with one attached hydrogen (secondary N) is 1. The normalized spacial score (nSPS) is 22.8. The number of piperidine rings is 1. The van der Waals surface area contributed by atoms with Crippen LogP contribution < -0.4 is 5.32 Å². The maximum atomic E-state index is 13.3. The average molecular weight is 569 g/mol. The molecule has 206 valence electrons. The Morgan fingerprint density at radius 2 is 1.67 bits per heavy atom. The van der Waals surface area contributed by atoms with Crippen LogP contribution in [0.1, 0.15) is 82.1 Å². The van der Waals surface area contributed by atoms with Gasteiger partial charge in [0.05, 0.1) is 22.8 Å². The molecule has 39 heavy (non-hydrogen) atoms. The summed E-state index contributed by atoms with van der Waals surface area (Å²) < 4.78 is 12.3. The van der Waals surface area contributed by atoms with Crippen molar-refractivity contribution in [2.24, 2.45) is 0 Å². The number of fused-ring (bicyclic) bond motifs is 2. The van der Waals surface area contributed by atoms with Crippen molar-refractivity contribution in [3.63, 3.8) is 0 Å². The minimum Gasteiger partial charge on any atom is -0.373 e. The van der Waals surface area contributed by atoms with Gasteiger partial charge in [0.25, 0.3) is 0 Å². The third kappa shape index (κ3) is 5.44. The lowest BCUT2D eigenvalue weighted by atomic mass is 9.87. The number of urea groups is 1. The summed E-state index contributed by atoms with van der Waals surface area (Å²) in [6.45, 7) is 6.95. The van der Waals surface area contributed by atoms with Gasteiger partial charge in [-0.15, -0.1) is 0 Å². The molecule has 2 bridgehead atoms. The molecule has 3 fully saturated rings. The highest BCUT2D eigenvalue weighted by molar-refractivity contribution is 6.39. The van der Waals surface area contributed by atoms with E-state index >= 15 is 0 Å². The topological polar surface area (TPSA) is 67.6 Å². The maximum absolute atomic E-state index is 13.3. The van der Waals surface area contributed by atoms with E-state index in [0.717, 1.165) is 55.5 Å². The molecule has 3 aromatic rings. The van der Waals surface area contributed by atoms with Crippen LogP contribution in [0.4, 0.5) is 10.5 Å². The Balaban J connectivity index is 1.12. The molecule has 0 spiro atoms. The lowest BCUT2D eigenvalue weighted by molar-refractivity contribution is -0.0158. The summed E-state index contributed by atoms with van der Waals surface area (Å²) in [6, 6.07) is 14.0. The summed E-state index contributed by atoms with van der Waals surface area (Å²) in [6.07, 6.45) is 5.89. The summed E-state index contributed by atoms with van der Waals surface area (Å²) in [5.74, 6) is 1.27. The lowest BCUT2D eigenvalue weighted by Gasteiger charge is -2.38. The number of carbonyl (C=O) groups is 1. The molecule has 1 saturated carbocycles. The summed E-state index contributed by atoms with van der Waals surface area (Å²) in [5, 5.41) is 8.60. The molecule has 2 saturated heterocycles.